The molecule has 0 aromatic rings. The number of aliphatic hydroxyl groups excluding tert-OH is 2. The van der Waals surface area contributed by atoms with Crippen LogP contribution < -0.4 is 0 Å². The summed E-state index contributed by atoms with van der Waals surface area (Å²) >= 11 is 0. The topological polar surface area (TPSA) is 91.7 Å². The van der Waals surface area contributed by atoms with Crippen LogP contribution in [-0.4, -0.2) is 39.8 Å². The monoisotopic (exact) mass is 1060 g/mol. The van der Waals surface area contributed by atoms with Gasteiger partial charge in [-0.3, -0.25) is 9.59 Å². The van der Waals surface area contributed by atoms with Crippen LogP contribution in [0.5, 0.6) is 0 Å². The van der Waals surface area contributed by atoms with Gasteiger partial charge in [0.05, 0.1) is 12.2 Å². The molecular weight excluding hydrogens is 921 g/mol. The molecule has 0 amide bonds. The second kappa shape index (κ2) is 70.2. The Kier molecular flexibility index (Phi) is 79.0. The molecule has 0 aliphatic carbocycles. The van der Waals surface area contributed by atoms with Gasteiger partial charge in [0.1, 0.15) is 5.78 Å². The molecule has 4 atom stereocenters. The summed E-state index contributed by atoms with van der Waals surface area (Å²) in [5.41, 5.74) is 5.30. The molecule has 0 aromatic heterocycles. The van der Waals surface area contributed by atoms with Gasteiger partial charge in [0, 0.05) is 12.8 Å². The van der Waals surface area contributed by atoms with Crippen molar-refractivity contribution in [2.24, 2.45) is 11.8 Å². The number of allylic oxidation sites excluding steroid dienone is 6. The van der Waals surface area contributed by atoms with Crippen LogP contribution in [0.25, 0.3) is 0 Å². The van der Waals surface area contributed by atoms with Gasteiger partial charge in [-0.25, -0.2) is 0 Å². The Bertz CT molecular complexity index is 1240. The second-order valence-corrected chi connectivity index (χ2v) is 22.6. The minimum atomic E-state index is -0.0958. The Hall–Kier alpha value is -1.85. The van der Waals surface area contributed by atoms with Crippen LogP contribution in [0.15, 0.2) is 34.4 Å². The highest BCUT2D eigenvalue weighted by Gasteiger charge is 2.11. The standard InChI is InChI=1S/C14H26O.C14H30O.C14H26O.C14H28.C7H16O.C7H14O/c1-5-7-9-10-12(3)14(13(4)15)11-8-6-2;2*1-4-6-8-10-13(3)12-14(15)11-9-7-5-2;1-5-8-10-11-13(4)14(7-3)12-9-6-2;2*1-3-4-5-6-7(2)8/h5-11H2,1-4H3;13-15H,4-12H2,1-3H3;12H,4-11H2,1-3H3;11,14H,5-10,12H2,1-4H3;7-8H,3-6H2,1-2H3;3-6H2,1-2H3/b14-12-;;13-12+;13-11+;;. The van der Waals surface area contributed by atoms with Crippen LogP contribution in [-0.2, 0) is 14.4 Å². The van der Waals surface area contributed by atoms with E-state index >= 15 is 0 Å². The molecule has 0 aromatic carbocycles. The minimum absolute atomic E-state index is 0.0480. The molecule has 0 radical (unpaired) electrons. The smallest absolute Gasteiger partial charge is 0.155 e. The van der Waals surface area contributed by atoms with Gasteiger partial charge < -0.3 is 15.0 Å². The van der Waals surface area contributed by atoms with E-state index in [1.165, 1.54) is 191 Å². The van der Waals surface area contributed by atoms with Gasteiger partial charge in [-0.15, -0.1) is 0 Å². The Morgan fingerprint density at radius 2 is 0.853 bits per heavy atom. The number of carbonyl (C=O) groups is 3. The summed E-state index contributed by atoms with van der Waals surface area (Å²) in [5.74, 6) is 2.47. The molecular formula is C70H140O5. The SMILES string of the molecule is CCCC/C=C(\C)C(CC)CCCC.CCCCC/C(C)=C(/CCCC)C(C)=O.CCCCCC(=O)/C=C(\C)CCCCC.CCCCCC(C)=O.CCCCCC(C)CC(O)CCCCC.CCCCCC(C)O. The molecule has 4 unspecified atom stereocenters. The third-order valence-electron chi connectivity index (χ3n) is 14.0. The average molecular weight is 1060 g/mol. The Morgan fingerprint density at radius 1 is 0.427 bits per heavy atom. The number of Topliss-reactive ketones (excluding diaryl/α,β-unsaturated/α-hetero) is 2. The number of aliphatic hydroxyl groups is 2. The van der Waals surface area contributed by atoms with Crippen LogP contribution in [0.3, 0.4) is 0 Å². The van der Waals surface area contributed by atoms with Crippen molar-refractivity contribution in [3.63, 3.8) is 0 Å². The lowest BCUT2D eigenvalue weighted by atomic mass is 9.91. The second-order valence-electron chi connectivity index (χ2n) is 22.6. The molecule has 450 valence electrons. The zero-order valence-electron chi connectivity index (χ0n) is 54.7. The van der Waals surface area contributed by atoms with E-state index in [-0.39, 0.29) is 18.0 Å². The van der Waals surface area contributed by atoms with Crippen LogP contribution in [0.4, 0.5) is 0 Å². The van der Waals surface area contributed by atoms with E-state index in [0.717, 1.165) is 82.1 Å². The normalized spacial score (nSPS) is 13.1. The first-order valence-electron chi connectivity index (χ1n) is 32.8. The Morgan fingerprint density at radius 3 is 1.29 bits per heavy atom. The summed E-state index contributed by atoms with van der Waals surface area (Å²) in [6.45, 7) is 38.4. The first-order valence-corrected chi connectivity index (χ1v) is 32.8. The predicted molar refractivity (Wildman–Crippen MR) is 339 cm³/mol. The molecule has 0 bridgehead atoms. The fraction of sp³-hybridized carbons (Fsp3) is 0.871. The zero-order chi connectivity index (χ0) is 58.3. The number of hydrogen-bond donors (Lipinski definition) is 2. The highest BCUT2D eigenvalue weighted by molar-refractivity contribution is 5.93. The highest BCUT2D eigenvalue weighted by atomic mass is 16.3. The number of carbonyl (C=O) groups excluding carboxylic acids is 3. The maximum absolute atomic E-state index is 11.5. The molecule has 5 heteroatoms. The van der Waals surface area contributed by atoms with Crippen molar-refractivity contribution < 1.29 is 24.6 Å². The predicted octanol–water partition coefficient (Wildman–Crippen LogP) is 23.3. The van der Waals surface area contributed by atoms with Crippen LogP contribution in [0.1, 0.15) is 375 Å². The van der Waals surface area contributed by atoms with Crippen LogP contribution in [0.2, 0.25) is 0 Å². The van der Waals surface area contributed by atoms with Crippen LogP contribution >= 0.6 is 0 Å². The maximum atomic E-state index is 11.5. The molecule has 0 saturated heterocycles. The quantitative estimate of drug-likeness (QED) is 0.0361. The largest absolute Gasteiger partial charge is 0.393 e. The van der Waals surface area contributed by atoms with Gasteiger partial charge >= 0.3 is 0 Å². The summed E-state index contributed by atoms with van der Waals surface area (Å²) < 4.78 is 0. The summed E-state index contributed by atoms with van der Waals surface area (Å²) in [7, 11) is 0. The number of unbranched alkanes of at least 4 members (excludes halogenated alkanes) is 18. The first-order chi connectivity index (χ1) is 35.8. The molecule has 0 aliphatic heterocycles. The Balaban J connectivity index is -0.000000194. The molecule has 0 aliphatic rings. The van der Waals surface area contributed by atoms with Crippen molar-refractivity contribution in [1.82, 2.24) is 0 Å². The van der Waals surface area contributed by atoms with Gasteiger partial charge in [0.15, 0.2) is 11.6 Å². The molecule has 0 saturated carbocycles. The molecule has 0 rings (SSSR count). The summed E-state index contributed by atoms with van der Waals surface area (Å²) in [6, 6.07) is 0. The third kappa shape index (κ3) is 76.4. The van der Waals surface area contributed by atoms with E-state index < -0.39 is 0 Å². The number of hydrogen-bond acceptors (Lipinski definition) is 5. The average Bonchev–Trinajstić information content (AvgIpc) is 3.35. The van der Waals surface area contributed by atoms with E-state index in [1.807, 2.05) is 13.0 Å². The molecule has 75 heavy (non-hydrogen) atoms. The third-order valence-corrected chi connectivity index (χ3v) is 14.0. The fourth-order valence-corrected chi connectivity index (χ4v) is 8.75. The number of ketones is 3. The lowest BCUT2D eigenvalue weighted by Gasteiger charge is -2.16. The van der Waals surface area contributed by atoms with E-state index in [2.05, 4.69) is 110 Å². The van der Waals surface area contributed by atoms with Crippen molar-refractivity contribution in [3.8, 4) is 0 Å². The van der Waals surface area contributed by atoms with E-state index in [4.69, 9.17) is 5.11 Å². The maximum Gasteiger partial charge on any atom is 0.155 e. The van der Waals surface area contributed by atoms with Crippen LogP contribution in [0, 0.1) is 11.8 Å². The first kappa shape index (κ1) is 84.4. The van der Waals surface area contributed by atoms with Gasteiger partial charge in [0.25, 0.3) is 0 Å². The summed E-state index contributed by atoms with van der Waals surface area (Å²) in [5, 5.41) is 18.6. The van der Waals surface area contributed by atoms with Gasteiger partial charge in [-0.05, 0) is 155 Å². The number of rotatable bonds is 43. The molecule has 0 heterocycles. The van der Waals surface area contributed by atoms with Crippen molar-refractivity contribution in [2.45, 2.75) is 387 Å². The summed E-state index contributed by atoms with van der Waals surface area (Å²) in [6.07, 6.45) is 50.5. The van der Waals surface area contributed by atoms with Gasteiger partial charge in [-0.2, -0.15) is 0 Å². The van der Waals surface area contributed by atoms with E-state index in [1.54, 1.807) is 19.4 Å². The van der Waals surface area contributed by atoms with Crippen molar-refractivity contribution in [3.05, 3.63) is 34.4 Å². The van der Waals surface area contributed by atoms with Crippen molar-refractivity contribution >= 4 is 17.3 Å². The highest BCUT2D eigenvalue weighted by Crippen LogP contribution is 2.23. The van der Waals surface area contributed by atoms with Gasteiger partial charge in [0.2, 0.25) is 0 Å². The molecule has 0 fully saturated rings. The van der Waals surface area contributed by atoms with Crippen molar-refractivity contribution in [1.29, 1.82) is 0 Å². The molecule has 5 nitrogen and oxygen atoms in total. The fourth-order valence-electron chi connectivity index (χ4n) is 8.75. The van der Waals surface area contributed by atoms with Crippen molar-refractivity contribution in [2.75, 3.05) is 0 Å². The molecule has 0 spiro atoms. The zero-order valence-corrected chi connectivity index (χ0v) is 54.7. The minimum Gasteiger partial charge on any atom is -0.393 e. The van der Waals surface area contributed by atoms with Gasteiger partial charge in [-0.1, -0.05) is 254 Å². The Labute approximate surface area is 473 Å². The molecule has 2 N–H and O–H groups in total. The summed E-state index contributed by atoms with van der Waals surface area (Å²) in [4.78, 5) is 33.3. The van der Waals surface area contributed by atoms with E-state index in [0.29, 0.717) is 17.5 Å². The lowest BCUT2D eigenvalue weighted by molar-refractivity contribution is -0.117. The van der Waals surface area contributed by atoms with E-state index in [9.17, 15) is 19.5 Å². The lowest BCUT2D eigenvalue weighted by Crippen LogP contribution is -2.11.